The number of H-pyrrole nitrogens is 1. The van der Waals surface area contributed by atoms with Crippen LogP contribution in [0.5, 0.6) is 0 Å². The van der Waals surface area contributed by atoms with Crippen molar-refractivity contribution in [2.45, 2.75) is 18.0 Å². The van der Waals surface area contributed by atoms with Crippen LogP contribution in [0.25, 0.3) is 0 Å². The Labute approximate surface area is 94.1 Å². The molecule has 0 bridgehead atoms. The van der Waals surface area contributed by atoms with Gasteiger partial charge in [-0.3, -0.25) is 14.3 Å². The van der Waals surface area contributed by atoms with E-state index in [1.807, 2.05) is 4.98 Å². The van der Waals surface area contributed by atoms with Crippen LogP contribution in [0.15, 0.2) is 21.9 Å². The van der Waals surface area contributed by atoms with Crippen molar-refractivity contribution >= 4 is 0 Å². The molecule has 94 valence electrons. The van der Waals surface area contributed by atoms with Crippen molar-refractivity contribution in [3.63, 3.8) is 0 Å². The van der Waals surface area contributed by atoms with Crippen molar-refractivity contribution < 1.29 is 19.3 Å². The molecule has 1 aliphatic rings. The monoisotopic (exact) mass is 246 g/mol. The fraction of sp³-hybridized carbons (Fsp3) is 0.556. The summed E-state index contributed by atoms with van der Waals surface area (Å²) in [6.07, 6.45) is -1.84. The number of halogens is 1. The van der Waals surface area contributed by atoms with Crippen molar-refractivity contribution in [1.82, 2.24) is 9.55 Å². The van der Waals surface area contributed by atoms with Gasteiger partial charge in [0.15, 0.2) is 0 Å². The summed E-state index contributed by atoms with van der Waals surface area (Å²) in [6.45, 7) is -1.14. The van der Waals surface area contributed by atoms with Crippen LogP contribution in [0.3, 0.4) is 0 Å². The molecule has 0 aromatic carbocycles. The molecule has 1 aliphatic heterocycles. The van der Waals surface area contributed by atoms with Gasteiger partial charge in [-0.05, 0) is 0 Å². The minimum atomic E-state index is -2.49. The molecule has 17 heavy (non-hydrogen) atoms. The first-order valence-corrected chi connectivity index (χ1v) is 4.91. The molecule has 0 spiro atoms. The summed E-state index contributed by atoms with van der Waals surface area (Å²) in [5.41, 5.74) is -1.65. The number of hydrogen-bond acceptors (Lipinski definition) is 5. The van der Waals surface area contributed by atoms with E-state index in [4.69, 9.17) is 9.84 Å². The first-order valence-electron chi connectivity index (χ1n) is 4.91. The minimum Gasteiger partial charge on any atom is -0.394 e. The average molecular weight is 246 g/mol. The number of aliphatic hydroxyl groups is 2. The van der Waals surface area contributed by atoms with E-state index in [0.29, 0.717) is 4.57 Å². The lowest BCUT2D eigenvalue weighted by molar-refractivity contribution is -0.0510. The zero-order valence-electron chi connectivity index (χ0n) is 8.67. The maximum atomic E-state index is 14.4. The number of aliphatic hydroxyl groups excluding tert-OH is 2. The van der Waals surface area contributed by atoms with Gasteiger partial charge >= 0.3 is 5.69 Å². The predicted molar refractivity (Wildman–Crippen MR) is 53.2 cm³/mol. The van der Waals surface area contributed by atoms with E-state index in [1.54, 1.807) is 0 Å². The molecule has 3 atom stereocenters. The zero-order chi connectivity index (χ0) is 12.6. The third-order valence-electron chi connectivity index (χ3n) is 2.71. The van der Waals surface area contributed by atoms with Crippen LogP contribution in [0.1, 0.15) is 0 Å². The van der Waals surface area contributed by atoms with Crippen LogP contribution >= 0.6 is 0 Å². The predicted octanol–water partition coefficient (Wildman–Crippen LogP) is -2.09. The summed E-state index contributed by atoms with van der Waals surface area (Å²) in [4.78, 5) is 24.1. The number of nitrogens with one attached hydrogen (secondary N) is 1. The van der Waals surface area contributed by atoms with Crippen molar-refractivity contribution in [3.8, 4) is 0 Å². The number of aromatic nitrogens is 2. The van der Waals surface area contributed by atoms with Crippen LogP contribution in [0.2, 0.25) is 0 Å². The number of nitrogens with zero attached hydrogens (tertiary/aromatic N) is 1. The van der Waals surface area contributed by atoms with Crippen molar-refractivity contribution in [1.29, 1.82) is 0 Å². The lowest BCUT2D eigenvalue weighted by atomic mass is 10.1. The second-order valence-corrected chi connectivity index (χ2v) is 3.78. The van der Waals surface area contributed by atoms with E-state index in [0.717, 1.165) is 12.3 Å². The summed E-state index contributed by atoms with van der Waals surface area (Å²) in [5, 5.41) is 18.5. The molecule has 0 aliphatic carbocycles. The lowest BCUT2D eigenvalue weighted by Crippen LogP contribution is -2.49. The molecule has 0 saturated carbocycles. The summed E-state index contributed by atoms with van der Waals surface area (Å²) in [6, 6.07) is 0.960. The molecule has 0 amide bonds. The fourth-order valence-corrected chi connectivity index (χ4v) is 1.76. The first kappa shape index (κ1) is 12.0. The van der Waals surface area contributed by atoms with Gasteiger partial charge in [-0.15, -0.1) is 0 Å². The Bertz CT molecular complexity index is 527. The van der Waals surface area contributed by atoms with Crippen LogP contribution in [0, 0.1) is 0 Å². The van der Waals surface area contributed by atoms with Crippen LogP contribution in [0.4, 0.5) is 4.39 Å². The Morgan fingerprint density at radius 3 is 2.88 bits per heavy atom. The summed E-state index contributed by atoms with van der Waals surface area (Å²) < 4.78 is 19.8. The second-order valence-electron chi connectivity index (χ2n) is 3.78. The molecule has 1 aromatic rings. The van der Waals surface area contributed by atoms with E-state index in [1.165, 1.54) is 0 Å². The highest BCUT2D eigenvalue weighted by Crippen LogP contribution is 2.31. The van der Waals surface area contributed by atoms with Gasteiger partial charge in [0.25, 0.3) is 5.56 Å². The quantitative estimate of drug-likeness (QED) is 0.555. The summed E-state index contributed by atoms with van der Waals surface area (Å²) >= 11 is 0. The van der Waals surface area contributed by atoms with Gasteiger partial charge < -0.3 is 14.9 Å². The Balaban J connectivity index is 2.46. The molecule has 3 N–H and O–H groups in total. The van der Waals surface area contributed by atoms with Gasteiger partial charge in [0, 0.05) is 12.3 Å². The van der Waals surface area contributed by atoms with Gasteiger partial charge in [-0.25, -0.2) is 9.18 Å². The van der Waals surface area contributed by atoms with Crippen molar-refractivity contribution in [3.05, 3.63) is 33.1 Å². The Hall–Kier alpha value is -1.51. The molecule has 1 fully saturated rings. The third kappa shape index (κ3) is 1.79. The maximum absolute atomic E-state index is 14.4. The first-order chi connectivity index (χ1) is 7.99. The highest BCUT2D eigenvalue weighted by atomic mass is 19.1. The van der Waals surface area contributed by atoms with Gasteiger partial charge in [-0.2, -0.15) is 0 Å². The average Bonchev–Trinajstić information content (AvgIpc) is 2.56. The van der Waals surface area contributed by atoms with E-state index in [-0.39, 0.29) is 0 Å². The third-order valence-corrected chi connectivity index (χ3v) is 2.71. The lowest BCUT2D eigenvalue weighted by Gasteiger charge is -2.24. The van der Waals surface area contributed by atoms with E-state index in [2.05, 4.69) is 0 Å². The Morgan fingerprint density at radius 1 is 1.65 bits per heavy atom. The summed E-state index contributed by atoms with van der Waals surface area (Å²) in [5.74, 6) is -2.49. The maximum Gasteiger partial charge on any atom is 0.331 e. The molecule has 1 aromatic heterocycles. The fourth-order valence-electron chi connectivity index (χ4n) is 1.76. The number of aromatic amines is 1. The molecule has 8 heteroatoms. The topological polar surface area (TPSA) is 105 Å². The van der Waals surface area contributed by atoms with Crippen LogP contribution < -0.4 is 11.2 Å². The molecule has 3 unspecified atom stereocenters. The summed E-state index contributed by atoms with van der Waals surface area (Å²) in [7, 11) is 0. The number of ether oxygens (including phenoxy) is 1. The van der Waals surface area contributed by atoms with Crippen molar-refractivity contribution in [2.75, 3.05) is 13.2 Å². The molecular formula is C9H11FN2O5. The van der Waals surface area contributed by atoms with Crippen LogP contribution in [-0.2, 0) is 10.5 Å². The highest BCUT2D eigenvalue weighted by Gasteiger charge is 2.51. The standard InChI is InChI=1S/C9H11FN2O5/c10-9(4-17-5(3-13)7(9)15)12-2-1-6(14)11-8(12)16/h1-2,5,7,13,15H,3-4H2,(H,11,14,16). The molecule has 0 radical (unpaired) electrons. The Kier molecular flexibility index (Phi) is 2.86. The molecule has 2 heterocycles. The number of hydrogen-bond donors (Lipinski definition) is 3. The molecule has 1 saturated heterocycles. The van der Waals surface area contributed by atoms with E-state index >= 15 is 0 Å². The molecular weight excluding hydrogens is 235 g/mol. The van der Waals surface area contributed by atoms with Gasteiger partial charge in [0.1, 0.15) is 18.8 Å². The van der Waals surface area contributed by atoms with Gasteiger partial charge in [0.05, 0.1) is 6.61 Å². The molecule has 7 nitrogen and oxygen atoms in total. The number of alkyl halides is 1. The van der Waals surface area contributed by atoms with Crippen molar-refractivity contribution in [2.24, 2.45) is 0 Å². The SMILES string of the molecule is O=c1ccn(C2(F)COC(CO)C2O)c(=O)[nH]1. The Morgan fingerprint density at radius 2 is 2.35 bits per heavy atom. The molecule has 2 rings (SSSR count). The van der Waals surface area contributed by atoms with Crippen LogP contribution in [-0.4, -0.2) is 45.2 Å². The van der Waals surface area contributed by atoms with Gasteiger partial charge in [0.2, 0.25) is 5.79 Å². The largest absolute Gasteiger partial charge is 0.394 e. The van der Waals surface area contributed by atoms with E-state index in [9.17, 15) is 19.1 Å². The van der Waals surface area contributed by atoms with Gasteiger partial charge in [-0.1, -0.05) is 0 Å². The second kappa shape index (κ2) is 4.06. The smallest absolute Gasteiger partial charge is 0.331 e. The van der Waals surface area contributed by atoms with E-state index < -0.39 is 42.5 Å². The normalized spacial score (nSPS) is 32.9. The number of rotatable bonds is 2. The highest BCUT2D eigenvalue weighted by molar-refractivity contribution is 4.98. The zero-order valence-corrected chi connectivity index (χ0v) is 8.67. The minimum absolute atomic E-state index is 0.550.